The maximum atomic E-state index is 5.64. The summed E-state index contributed by atoms with van der Waals surface area (Å²) >= 11 is 0. The van der Waals surface area contributed by atoms with E-state index in [-0.39, 0.29) is 0 Å². The number of nitrogens with one attached hydrogen (secondary N) is 2. The number of benzene rings is 5. The van der Waals surface area contributed by atoms with E-state index in [9.17, 15) is 0 Å². The van der Waals surface area contributed by atoms with Gasteiger partial charge in [-0.25, -0.2) is 0 Å². The Bertz CT molecular complexity index is 1290. The smallest absolute Gasteiger partial charge is 0.126 e. The lowest BCUT2D eigenvalue weighted by Gasteiger charge is -2.20. The van der Waals surface area contributed by atoms with Crippen LogP contribution in [0.25, 0.3) is 21.9 Å². The fraction of sp³-hybridized carbons (Fsp3) is 0.0345. The number of methoxy groups -OCH3 is 1. The largest absolute Gasteiger partial charge is 0.496 e. The Labute approximate surface area is 188 Å². The number of rotatable bonds is 6. The number of hydrogen-bond donors (Lipinski definition) is 2. The quantitative estimate of drug-likeness (QED) is 0.294. The van der Waals surface area contributed by atoms with E-state index in [2.05, 4.69) is 77.4 Å². The van der Waals surface area contributed by atoms with Crippen LogP contribution in [0.2, 0.25) is 0 Å². The molecule has 0 spiro atoms. The topological polar surface area (TPSA) is 33.3 Å². The van der Waals surface area contributed by atoms with Crippen LogP contribution < -0.4 is 15.4 Å². The van der Waals surface area contributed by atoms with Gasteiger partial charge in [0.05, 0.1) is 7.11 Å². The van der Waals surface area contributed by atoms with Gasteiger partial charge in [-0.3, -0.25) is 0 Å². The molecule has 32 heavy (non-hydrogen) atoms. The van der Waals surface area contributed by atoms with Crippen molar-refractivity contribution in [1.29, 1.82) is 0 Å². The fourth-order valence-corrected chi connectivity index (χ4v) is 4.07. The molecule has 0 aromatic heterocycles. The number of ether oxygens (including phenoxy) is 1. The standard InChI is InChI=1S/C29H24N2O/c1-32-28-20-19-25(23-15-8-9-16-24(23)28)29-26(30-21-11-4-2-5-12-21)17-10-18-27(29)31-22-13-6-3-7-14-22/h2-20,30-31H,1H3. The first kappa shape index (κ1) is 19.7. The average molecular weight is 417 g/mol. The zero-order valence-electron chi connectivity index (χ0n) is 17.9. The molecule has 0 saturated carbocycles. The van der Waals surface area contributed by atoms with E-state index in [4.69, 9.17) is 4.74 Å². The average Bonchev–Trinajstić information content (AvgIpc) is 2.85. The van der Waals surface area contributed by atoms with Gasteiger partial charge in [0.2, 0.25) is 0 Å². The summed E-state index contributed by atoms with van der Waals surface area (Å²) in [5.41, 5.74) is 6.41. The lowest BCUT2D eigenvalue weighted by atomic mass is 9.94. The molecule has 2 N–H and O–H groups in total. The summed E-state index contributed by atoms with van der Waals surface area (Å²) in [5.74, 6) is 0.871. The van der Waals surface area contributed by atoms with Crippen molar-refractivity contribution in [3.05, 3.63) is 115 Å². The Morgan fingerprint density at radius 3 is 1.59 bits per heavy atom. The molecule has 0 radical (unpaired) electrons. The van der Waals surface area contributed by atoms with E-state index in [0.717, 1.165) is 50.4 Å². The second kappa shape index (κ2) is 8.86. The Hall–Kier alpha value is -4.24. The van der Waals surface area contributed by atoms with E-state index in [0.29, 0.717) is 0 Å². The first-order chi connectivity index (χ1) is 15.8. The molecule has 5 rings (SSSR count). The minimum atomic E-state index is 0.871. The van der Waals surface area contributed by atoms with Gasteiger partial charge in [0, 0.05) is 33.7 Å². The molecule has 3 nitrogen and oxygen atoms in total. The molecule has 0 fully saturated rings. The van der Waals surface area contributed by atoms with Gasteiger partial charge < -0.3 is 15.4 Å². The summed E-state index contributed by atoms with van der Waals surface area (Å²) < 4.78 is 5.64. The molecule has 0 atom stereocenters. The van der Waals surface area contributed by atoms with Gasteiger partial charge in [-0.2, -0.15) is 0 Å². The van der Waals surface area contributed by atoms with Gasteiger partial charge >= 0.3 is 0 Å². The zero-order chi connectivity index (χ0) is 21.8. The summed E-state index contributed by atoms with van der Waals surface area (Å²) in [7, 11) is 1.72. The molecule has 0 heterocycles. The Balaban J connectivity index is 1.73. The minimum Gasteiger partial charge on any atom is -0.496 e. The van der Waals surface area contributed by atoms with Crippen LogP contribution in [-0.2, 0) is 0 Å². The van der Waals surface area contributed by atoms with E-state index >= 15 is 0 Å². The van der Waals surface area contributed by atoms with Gasteiger partial charge in [-0.1, -0.05) is 66.7 Å². The van der Waals surface area contributed by atoms with Gasteiger partial charge in [-0.05, 0) is 59.5 Å². The lowest BCUT2D eigenvalue weighted by Crippen LogP contribution is -1.99. The molecule has 0 saturated heterocycles. The van der Waals surface area contributed by atoms with E-state index in [1.807, 2.05) is 48.5 Å². The first-order valence-electron chi connectivity index (χ1n) is 10.7. The molecule has 0 bridgehead atoms. The third-order valence-electron chi connectivity index (χ3n) is 5.54. The Kier molecular flexibility index (Phi) is 5.46. The van der Waals surface area contributed by atoms with E-state index < -0.39 is 0 Å². The Morgan fingerprint density at radius 1 is 0.500 bits per heavy atom. The summed E-state index contributed by atoms with van der Waals surface area (Å²) in [5, 5.41) is 9.47. The molecule has 0 amide bonds. The summed E-state index contributed by atoms with van der Waals surface area (Å²) in [6.07, 6.45) is 0. The van der Waals surface area contributed by atoms with Gasteiger partial charge in [0.25, 0.3) is 0 Å². The highest BCUT2D eigenvalue weighted by Crippen LogP contribution is 2.43. The molecule has 0 aliphatic carbocycles. The number of fused-ring (bicyclic) bond motifs is 1. The lowest BCUT2D eigenvalue weighted by molar-refractivity contribution is 0.420. The molecule has 156 valence electrons. The van der Waals surface area contributed by atoms with Gasteiger partial charge in [-0.15, -0.1) is 0 Å². The molecule has 5 aromatic carbocycles. The van der Waals surface area contributed by atoms with E-state index in [1.165, 1.54) is 0 Å². The number of hydrogen-bond acceptors (Lipinski definition) is 3. The van der Waals surface area contributed by atoms with Crippen LogP contribution in [-0.4, -0.2) is 7.11 Å². The predicted octanol–water partition coefficient (Wildman–Crippen LogP) is 8.00. The fourth-order valence-electron chi connectivity index (χ4n) is 4.07. The van der Waals surface area contributed by atoms with Crippen LogP contribution in [0, 0.1) is 0 Å². The van der Waals surface area contributed by atoms with Crippen LogP contribution >= 0.6 is 0 Å². The highest BCUT2D eigenvalue weighted by atomic mass is 16.5. The summed E-state index contributed by atoms with van der Waals surface area (Å²) in [4.78, 5) is 0. The van der Waals surface area contributed by atoms with Crippen molar-refractivity contribution in [1.82, 2.24) is 0 Å². The molecule has 3 heteroatoms. The maximum absolute atomic E-state index is 5.64. The van der Waals surface area contributed by atoms with E-state index in [1.54, 1.807) is 7.11 Å². The monoisotopic (exact) mass is 416 g/mol. The van der Waals surface area contributed by atoms with Crippen LogP contribution in [0.4, 0.5) is 22.7 Å². The van der Waals surface area contributed by atoms with Crippen molar-refractivity contribution in [2.45, 2.75) is 0 Å². The van der Waals surface area contributed by atoms with Crippen molar-refractivity contribution in [3.63, 3.8) is 0 Å². The number of para-hydroxylation sites is 2. The zero-order valence-corrected chi connectivity index (χ0v) is 17.9. The third-order valence-corrected chi connectivity index (χ3v) is 5.54. The predicted molar refractivity (Wildman–Crippen MR) is 135 cm³/mol. The molecular weight excluding hydrogens is 392 g/mol. The van der Waals surface area contributed by atoms with Crippen LogP contribution in [0.5, 0.6) is 5.75 Å². The summed E-state index contributed by atoms with van der Waals surface area (Å²) in [6.45, 7) is 0. The molecule has 5 aromatic rings. The molecular formula is C29H24N2O. The van der Waals surface area contributed by atoms with Crippen molar-refractivity contribution in [2.75, 3.05) is 17.7 Å². The molecule has 0 unspecified atom stereocenters. The second-order valence-electron chi connectivity index (χ2n) is 7.57. The first-order valence-corrected chi connectivity index (χ1v) is 10.7. The Morgan fingerprint density at radius 2 is 1.03 bits per heavy atom. The van der Waals surface area contributed by atoms with Gasteiger partial charge in [0.1, 0.15) is 5.75 Å². The maximum Gasteiger partial charge on any atom is 0.126 e. The molecule has 0 aliphatic rings. The second-order valence-corrected chi connectivity index (χ2v) is 7.57. The SMILES string of the molecule is COc1ccc(-c2c(Nc3ccccc3)cccc2Nc2ccccc2)c2ccccc12. The highest BCUT2D eigenvalue weighted by Gasteiger charge is 2.16. The molecule has 0 aliphatic heterocycles. The highest BCUT2D eigenvalue weighted by molar-refractivity contribution is 6.06. The van der Waals surface area contributed by atoms with Crippen LogP contribution in [0.3, 0.4) is 0 Å². The van der Waals surface area contributed by atoms with Crippen molar-refractivity contribution >= 4 is 33.5 Å². The third kappa shape index (κ3) is 3.88. The summed E-state index contributed by atoms with van der Waals surface area (Å²) in [6, 6.07) is 39.4. The van der Waals surface area contributed by atoms with Crippen molar-refractivity contribution in [3.8, 4) is 16.9 Å². The van der Waals surface area contributed by atoms with Crippen molar-refractivity contribution in [2.24, 2.45) is 0 Å². The number of anilines is 4. The van der Waals surface area contributed by atoms with Crippen LogP contribution in [0.1, 0.15) is 0 Å². The minimum absolute atomic E-state index is 0.871. The normalized spacial score (nSPS) is 10.7. The van der Waals surface area contributed by atoms with Gasteiger partial charge in [0.15, 0.2) is 0 Å². The van der Waals surface area contributed by atoms with Crippen LogP contribution in [0.15, 0.2) is 115 Å². The van der Waals surface area contributed by atoms with Crippen molar-refractivity contribution < 1.29 is 4.74 Å².